The Morgan fingerprint density at radius 2 is 2.53 bits per heavy atom. The molecule has 1 aliphatic rings. The molecule has 84 valence electrons. The Balaban J connectivity index is 1.90. The summed E-state index contributed by atoms with van der Waals surface area (Å²) in [5, 5.41) is 3.42. The van der Waals surface area contributed by atoms with Crippen LogP contribution in [0, 0.1) is 0 Å². The maximum absolute atomic E-state index is 5.60. The Labute approximate surface area is 90.7 Å². The molecule has 1 N–H and O–H groups in total. The summed E-state index contributed by atoms with van der Waals surface area (Å²) in [5.41, 5.74) is 0. The van der Waals surface area contributed by atoms with Crippen molar-refractivity contribution in [1.29, 1.82) is 0 Å². The molecular formula is C11H19N3O. The van der Waals surface area contributed by atoms with Gasteiger partial charge in [-0.2, -0.15) is 0 Å². The molecule has 1 unspecified atom stereocenters. The van der Waals surface area contributed by atoms with E-state index in [1.54, 1.807) is 0 Å². The molecule has 0 saturated carbocycles. The van der Waals surface area contributed by atoms with Gasteiger partial charge in [-0.15, -0.1) is 0 Å². The van der Waals surface area contributed by atoms with Crippen molar-refractivity contribution in [3.8, 4) is 0 Å². The lowest BCUT2D eigenvalue weighted by Gasteiger charge is -2.30. The van der Waals surface area contributed by atoms with E-state index < -0.39 is 0 Å². The zero-order chi connectivity index (χ0) is 10.7. The summed E-state index contributed by atoms with van der Waals surface area (Å²) in [6, 6.07) is 0.569. The Morgan fingerprint density at radius 1 is 1.67 bits per heavy atom. The highest BCUT2D eigenvalue weighted by atomic mass is 16.4. The third-order valence-electron chi connectivity index (χ3n) is 2.76. The molecule has 1 aliphatic heterocycles. The zero-order valence-corrected chi connectivity index (χ0v) is 9.49. The summed E-state index contributed by atoms with van der Waals surface area (Å²) in [4.78, 5) is 6.66. The molecule has 0 bridgehead atoms. The fraction of sp³-hybridized carbons (Fsp3) is 0.727. The third kappa shape index (κ3) is 2.79. The number of hydrogen-bond donors (Lipinski definition) is 1. The molecule has 1 aromatic heterocycles. The summed E-state index contributed by atoms with van der Waals surface area (Å²) in [5.74, 6) is 1.83. The number of hydrogen-bond acceptors (Lipinski definition) is 4. The molecule has 0 aliphatic carbocycles. The zero-order valence-electron chi connectivity index (χ0n) is 9.49. The van der Waals surface area contributed by atoms with E-state index in [0.29, 0.717) is 6.04 Å². The van der Waals surface area contributed by atoms with Crippen molar-refractivity contribution < 1.29 is 4.42 Å². The van der Waals surface area contributed by atoms with E-state index in [2.05, 4.69) is 29.0 Å². The van der Waals surface area contributed by atoms with E-state index in [1.807, 2.05) is 6.20 Å². The number of aryl methyl sites for hydroxylation is 1. The van der Waals surface area contributed by atoms with Crippen molar-refractivity contribution in [1.82, 2.24) is 15.2 Å². The molecule has 0 spiro atoms. The van der Waals surface area contributed by atoms with Crippen molar-refractivity contribution in [2.45, 2.75) is 32.9 Å². The molecule has 1 atom stereocenters. The first-order valence-corrected chi connectivity index (χ1v) is 5.67. The van der Waals surface area contributed by atoms with Crippen molar-refractivity contribution in [3.05, 3.63) is 17.8 Å². The van der Waals surface area contributed by atoms with Crippen LogP contribution in [-0.2, 0) is 13.0 Å². The first kappa shape index (κ1) is 10.6. The first-order chi connectivity index (χ1) is 7.28. The normalized spacial score (nSPS) is 23.2. The largest absolute Gasteiger partial charge is 0.444 e. The second-order valence-electron chi connectivity index (χ2n) is 4.16. The Bertz CT molecular complexity index is 311. The van der Waals surface area contributed by atoms with E-state index in [9.17, 15) is 0 Å². The summed E-state index contributed by atoms with van der Waals surface area (Å²) >= 11 is 0. The van der Waals surface area contributed by atoms with Crippen molar-refractivity contribution in [2.24, 2.45) is 0 Å². The fourth-order valence-corrected chi connectivity index (χ4v) is 1.93. The van der Waals surface area contributed by atoms with Gasteiger partial charge in [-0.1, -0.05) is 6.92 Å². The number of nitrogens with one attached hydrogen (secondary N) is 1. The van der Waals surface area contributed by atoms with Gasteiger partial charge in [0.25, 0.3) is 0 Å². The highest BCUT2D eigenvalue weighted by Crippen LogP contribution is 2.09. The van der Waals surface area contributed by atoms with E-state index in [1.165, 1.54) is 0 Å². The first-order valence-electron chi connectivity index (χ1n) is 5.67. The number of rotatable bonds is 3. The predicted molar refractivity (Wildman–Crippen MR) is 58.6 cm³/mol. The standard InChI is InChI=1S/C11H19N3O/c1-3-10-6-13-11(15-10)8-14-5-4-12-9(2)7-14/h6,9,12H,3-5,7-8H2,1-2H3. The van der Waals surface area contributed by atoms with Gasteiger partial charge in [0, 0.05) is 32.1 Å². The molecule has 0 radical (unpaired) electrons. The molecule has 1 saturated heterocycles. The van der Waals surface area contributed by atoms with E-state index in [4.69, 9.17) is 4.42 Å². The van der Waals surface area contributed by atoms with Crippen LogP contribution < -0.4 is 5.32 Å². The molecule has 0 amide bonds. The lowest BCUT2D eigenvalue weighted by Crippen LogP contribution is -2.48. The summed E-state index contributed by atoms with van der Waals surface area (Å²) in [7, 11) is 0. The number of aromatic nitrogens is 1. The van der Waals surface area contributed by atoms with Crippen LogP contribution in [0.3, 0.4) is 0 Å². The van der Waals surface area contributed by atoms with Crippen LogP contribution in [0.15, 0.2) is 10.6 Å². The number of oxazole rings is 1. The maximum atomic E-state index is 5.60. The minimum atomic E-state index is 0.569. The van der Waals surface area contributed by atoms with E-state index in [0.717, 1.165) is 44.3 Å². The third-order valence-corrected chi connectivity index (χ3v) is 2.76. The number of nitrogens with zero attached hydrogens (tertiary/aromatic N) is 2. The average Bonchev–Trinajstić information content (AvgIpc) is 2.65. The summed E-state index contributed by atoms with van der Waals surface area (Å²) in [6.07, 6.45) is 2.76. The van der Waals surface area contributed by atoms with Gasteiger partial charge in [-0.3, -0.25) is 4.90 Å². The molecule has 2 rings (SSSR count). The van der Waals surface area contributed by atoms with Crippen molar-refractivity contribution in [2.75, 3.05) is 19.6 Å². The van der Waals surface area contributed by atoms with Gasteiger partial charge < -0.3 is 9.73 Å². The SMILES string of the molecule is CCc1cnc(CN2CCNC(C)C2)o1. The smallest absolute Gasteiger partial charge is 0.208 e. The van der Waals surface area contributed by atoms with Crippen molar-refractivity contribution in [3.63, 3.8) is 0 Å². The average molecular weight is 209 g/mol. The minimum Gasteiger partial charge on any atom is -0.444 e. The lowest BCUT2D eigenvalue weighted by atomic mass is 10.2. The molecular weight excluding hydrogens is 190 g/mol. The second-order valence-corrected chi connectivity index (χ2v) is 4.16. The second kappa shape index (κ2) is 4.77. The fourth-order valence-electron chi connectivity index (χ4n) is 1.93. The Morgan fingerprint density at radius 3 is 3.20 bits per heavy atom. The molecule has 1 aromatic rings. The van der Waals surface area contributed by atoms with E-state index in [-0.39, 0.29) is 0 Å². The monoisotopic (exact) mass is 209 g/mol. The van der Waals surface area contributed by atoms with Gasteiger partial charge >= 0.3 is 0 Å². The van der Waals surface area contributed by atoms with Crippen LogP contribution in [0.5, 0.6) is 0 Å². The van der Waals surface area contributed by atoms with Gasteiger partial charge in [0.1, 0.15) is 5.76 Å². The highest BCUT2D eigenvalue weighted by molar-refractivity contribution is 4.94. The summed E-state index contributed by atoms with van der Waals surface area (Å²) in [6.45, 7) is 8.34. The summed E-state index contributed by atoms with van der Waals surface area (Å²) < 4.78 is 5.60. The van der Waals surface area contributed by atoms with Gasteiger partial charge in [0.2, 0.25) is 5.89 Å². The minimum absolute atomic E-state index is 0.569. The van der Waals surface area contributed by atoms with Crippen LogP contribution in [0.1, 0.15) is 25.5 Å². The Hall–Kier alpha value is -0.870. The van der Waals surface area contributed by atoms with Crippen LogP contribution in [0.2, 0.25) is 0 Å². The van der Waals surface area contributed by atoms with Gasteiger partial charge in [0.05, 0.1) is 12.7 Å². The van der Waals surface area contributed by atoms with Crippen LogP contribution in [-0.4, -0.2) is 35.6 Å². The molecule has 4 heteroatoms. The number of piperazine rings is 1. The topological polar surface area (TPSA) is 41.3 Å². The maximum Gasteiger partial charge on any atom is 0.208 e. The van der Waals surface area contributed by atoms with Crippen LogP contribution >= 0.6 is 0 Å². The van der Waals surface area contributed by atoms with Gasteiger partial charge in [-0.25, -0.2) is 4.98 Å². The molecule has 4 nitrogen and oxygen atoms in total. The van der Waals surface area contributed by atoms with Gasteiger partial charge in [-0.05, 0) is 6.92 Å². The van der Waals surface area contributed by atoms with Crippen LogP contribution in [0.4, 0.5) is 0 Å². The predicted octanol–water partition coefficient (Wildman–Crippen LogP) is 1.03. The van der Waals surface area contributed by atoms with Crippen molar-refractivity contribution >= 4 is 0 Å². The molecule has 2 heterocycles. The van der Waals surface area contributed by atoms with E-state index >= 15 is 0 Å². The molecule has 0 aromatic carbocycles. The van der Waals surface area contributed by atoms with Gasteiger partial charge in [0.15, 0.2) is 0 Å². The van der Waals surface area contributed by atoms with Crippen LogP contribution in [0.25, 0.3) is 0 Å². The quantitative estimate of drug-likeness (QED) is 0.807. The lowest BCUT2D eigenvalue weighted by molar-refractivity contribution is 0.182. The Kier molecular flexibility index (Phi) is 3.38. The molecule has 1 fully saturated rings. The highest BCUT2D eigenvalue weighted by Gasteiger charge is 2.17. The molecule has 15 heavy (non-hydrogen) atoms.